The van der Waals surface area contributed by atoms with Crippen molar-refractivity contribution >= 4 is 5.91 Å². The average Bonchev–Trinajstić information content (AvgIpc) is 2.55. The zero-order valence-corrected chi connectivity index (χ0v) is 55.4. The lowest BCUT2D eigenvalue weighted by molar-refractivity contribution is -0.359. The largest absolute Gasteiger partial charge is 0.394 e. The van der Waals surface area contributed by atoms with Crippen molar-refractivity contribution in [2.24, 2.45) is 0 Å². The second kappa shape index (κ2) is 58.2. The Bertz CT molecular complexity index is 1960. The fourth-order valence-corrected chi connectivity index (χ4v) is 10.8. The third kappa shape index (κ3) is 42.3. The predicted molar refractivity (Wildman–Crippen MR) is 364 cm³/mol. The second-order valence-electron chi connectivity index (χ2n) is 24.3. The summed E-state index contributed by atoms with van der Waals surface area (Å²) in [5, 5.41) is 87.3. The van der Waals surface area contributed by atoms with Crippen molar-refractivity contribution in [1.82, 2.24) is 5.32 Å². The van der Waals surface area contributed by atoms with Crippen molar-refractivity contribution < 1.29 is 64.6 Å². The molecule has 89 heavy (non-hydrogen) atoms. The molecule has 0 aliphatic carbocycles. The summed E-state index contributed by atoms with van der Waals surface area (Å²) in [4.78, 5) is 13.3. The minimum Gasteiger partial charge on any atom is -0.394 e. The van der Waals surface area contributed by atoms with Crippen molar-refractivity contribution in [3.63, 3.8) is 0 Å². The SMILES string of the molecule is CC/C=C\C/C=C\C/C=C\C/C=C\C/C=C\C/C=C\C/C=C\C/C=C\C/C=C\CCCCCCCCCCCCCC(=O)NC(COC1OC(CO)C(OC2OC(CO)C(O)C(O)C2O)C(O)C1O)C(O)/C=C/CCCCCCCCCCCCCCCC. The minimum atomic E-state index is -1.79. The van der Waals surface area contributed by atoms with E-state index in [-0.39, 0.29) is 18.9 Å². The molecule has 2 heterocycles. The van der Waals surface area contributed by atoms with Crippen molar-refractivity contribution in [2.75, 3.05) is 19.8 Å². The van der Waals surface area contributed by atoms with E-state index in [1.807, 2.05) is 6.08 Å². The lowest BCUT2D eigenvalue weighted by Gasteiger charge is -2.46. The summed E-state index contributed by atoms with van der Waals surface area (Å²) in [6.45, 7) is 2.68. The first-order valence-electron chi connectivity index (χ1n) is 35.3. The molecular formula is C75H127NO13. The van der Waals surface area contributed by atoms with Crippen molar-refractivity contribution in [3.8, 4) is 0 Å². The van der Waals surface area contributed by atoms with Crippen LogP contribution in [-0.2, 0) is 23.7 Å². The number of allylic oxidation sites excluding steroid dienone is 19. The molecule has 14 nitrogen and oxygen atoms in total. The highest BCUT2D eigenvalue weighted by molar-refractivity contribution is 5.76. The van der Waals surface area contributed by atoms with Crippen LogP contribution < -0.4 is 5.32 Å². The number of rotatable bonds is 56. The number of aliphatic hydroxyl groups excluding tert-OH is 8. The Hall–Kier alpha value is -3.61. The van der Waals surface area contributed by atoms with Gasteiger partial charge in [0.2, 0.25) is 5.91 Å². The molecule has 0 aromatic rings. The van der Waals surface area contributed by atoms with Gasteiger partial charge in [-0.25, -0.2) is 0 Å². The van der Waals surface area contributed by atoms with E-state index in [4.69, 9.17) is 18.9 Å². The predicted octanol–water partition coefficient (Wildman–Crippen LogP) is 14.5. The van der Waals surface area contributed by atoms with E-state index in [0.717, 1.165) is 103 Å². The second-order valence-corrected chi connectivity index (χ2v) is 24.3. The zero-order valence-electron chi connectivity index (χ0n) is 55.4. The topological polar surface area (TPSA) is 228 Å². The van der Waals surface area contributed by atoms with Gasteiger partial charge < -0.3 is 65.1 Å². The Balaban J connectivity index is 1.63. The summed E-state index contributed by atoms with van der Waals surface area (Å²) in [6.07, 6.45) is 68.2. The summed E-state index contributed by atoms with van der Waals surface area (Å²) >= 11 is 0. The molecular weight excluding hydrogens is 1120 g/mol. The minimum absolute atomic E-state index is 0.246. The quantitative estimate of drug-likeness (QED) is 0.0204. The number of aliphatic hydroxyl groups is 8. The van der Waals surface area contributed by atoms with Crippen LogP contribution in [0.25, 0.3) is 0 Å². The van der Waals surface area contributed by atoms with E-state index < -0.39 is 86.8 Å². The lowest BCUT2D eigenvalue weighted by atomic mass is 9.97. The fraction of sp³-hybridized carbons (Fsp3) is 0.720. The number of ether oxygens (including phenoxy) is 4. The first-order chi connectivity index (χ1) is 43.6. The summed E-state index contributed by atoms with van der Waals surface area (Å²) in [6, 6.07) is -0.924. The van der Waals surface area contributed by atoms with Gasteiger partial charge >= 0.3 is 0 Å². The number of nitrogens with one attached hydrogen (secondary N) is 1. The first kappa shape index (κ1) is 81.5. The zero-order chi connectivity index (χ0) is 64.5. The highest BCUT2D eigenvalue weighted by atomic mass is 16.7. The molecule has 0 radical (unpaired) electrons. The summed E-state index contributed by atoms with van der Waals surface area (Å²) in [7, 11) is 0. The Morgan fingerprint density at radius 2 is 0.775 bits per heavy atom. The van der Waals surface area contributed by atoms with Gasteiger partial charge in [-0.1, -0.05) is 277 Å². The standard InChI is InChI=1S/C75H127NO13/c1-3-5-7-9-11-13-15-17-19-21-22-23-24-25-26-27-28-29-30-31-32-33-34-35-36-37-38-39-40-41-42-43-45-47-49-51-53-55-57-59-67(80)76-63(64(79)58-56-54-52-50-48-46-44-20-18-16-14-12-10-8-6-4-2)62-86-74-72(85)70(83)73(66(61-78)88-74)89-75-71(84)69(82)68(81)65(60-77)87-75/h5,7,11,13,17,19,22-23,25-26,28-29,31-32,34-35,37-38,56,58,63-66,68-75,77-79,81-85H,3-4,6,8-10,12,14-16,18,20-21,24,27,30,33,36,39-55,57,59-62H2,1-2H3,(H,76,80)/b7-5-,13-11-,19-17-,23-22-,26-25-,29-28-,32-31-,35-34-,38-37-,58-56+. The van der Waals surface area contributed by atoms with Gasteiger partial charge in [-0.15, -0.1) is 0 Å². The van der Waals surface area contributed by atoms with Crippen LogP contribution in [-0.4, -0.2) is 140 Å². The molecule has 2 fully saturated rings. The van der Waals surface area contributed by atoms with Crippen LogP contribution in [0.1, 0.15) is 251 Å². The van der Waals surface area contributed by atoms with Gasteiger partial charge in [0.1, 0.15) is 48.8 Å². The van der Waals surface area contributed by atoms with Gasteiger partial charge in [-0.05, 0) is 89.9 Å². The van der Waals surface area contributed by atoms with Crippen LogP contribution in [0.3, 0.4) is 0 Å². The Labute approximate surface area is 539 Å². The summed E-state index contributed by atoms with van der Waals surface area (Å²) in [5.74, 6) is -0.246. The Morgan fingerprint density at radius 1 is 0.416 bits per heavy atom. The molecule has 12 unspecified atom stereocenters. The number of unbranched alkanes of at least 4 members (excludes halogenated alkanes) is 25. The highest BCUT2D eigenvalue weighted by Crippen LogP contribution is 2.30. The number of amides is 1. The molecule has 0 saturated carbocycles. The highest BCUT2D eigenvalue weighted by Gasteiger charge is 2.51. The number of carbonyl (C=O) groups is 1. The van der Waals surface area contributed by atoms with E-state index in [1.54, 1.807) is 6.08 Å². The third-order valence-electron chi connectivity index (χ3n) is 16.4. The van der Waals surface area contributed by atoms with Crippen molar-refractivity contribution in [2.45, 2.75) is 325 Å². The maximum Gasteiger partial charge on any atom is 0.220 e. The van der Waals surface area contributed by atoms with Crippen LogP contribution in [0.2, 0.25) is 0 Å². The van der Waals surface area contributed by atoms with Crippen LogP contribution in [0.15, 0.2) is 122 Å². The molecule has 0 aromatic carbocycles. The van der Waals surface area contributed by atoms with Gasteiger partial charge in [0.15, 0.2) is 12.6 Å². The molecule has 2 aliphatic rings. The van der Waals surface area contributed by atoms with Crippen LogP contribution in [0.4, 0.5) is 0 Å². The molecule has 1 amide bonds. The van der Waals surface area contributed by atoms with E-state index >= 15 is 0 Å². The Morgan fingerprint density at radius 3 is 1.19 bits per heavy atom. The molecule has 9 N–H and O–H groups in total. The van der Waals surface area contributed by atoms with Crippen molar-refractivity contribution in [3.05, 3.63) is 122 Å². The number of carbonyl (C=O) groups excluding carboxylic acids is 1. The molecule has 0 bridgehead atoms. The molecule has 2 aliphatic heterocycles. The van der Waals surface area contributed by atoms with E-state index in [0.29, 0.717) is 6.42 Å². The van der Waals surface area contributed by atoms with Crippen LogP contribution in [0, 0.1) is 0 Å². The van der Waals surface area contributed by atoms with Gasteiger partial charge in [-0.2, -0.15) is 0 Å². The van der Waals surface area contributed by atoms with Gasteiger partial charge in [0.05, 0.1) is 32.0 Å². The fourth-order valence-electron chi connectivity index (χ4n) is 10.8. The normalized spacial score (nSPS) is 23.8. The molecule has 0 aromatic heterocycles. The van der Waals surface area contributed by atoms with Crippen LogP contribution >= 0.6 is 0 Å². The van der Waals surface area contributed by atoms with Crippen LogP contribution in [0.5, 0.6) is 0 Å². The third-order valence-corrected chi connectivity index (χ3v) is 16.4. The molecule has 12 atom stereocenters. The summed E-state index contributed by atoms with van der Waals surface area (Å²) in [5.41, 5.74) is 0. The van der Waals surface area contributed by atoms with E-state index in [9.17, 15) is 45.6 Å². The molecule has 2 rings (SSSR count). The van der Waals surface area contributed by atoms with Gasteiger partial charge in [0.25, 0.3) is 0 Å². The van der Waals surface area contributed by atoms with Gasteiger partial charge in [0, 0.05) is 6.42 Å². The lowest BCUT2D eigenvalue weighted by Crippen LogP contribution is -2.65. The van der Waals surface area contributed by atoms with Gasteiger partial charge in [-0.3, -0.25) is 4.79 Å². The molecule has 510 valence electrons. The molecule has 0 spiro atoms. The Kier molecular flexibility index (Phi) is 53.3. The summed E-state index contributed by atoms with van der Waals surface area (Å²) < 4.78 is 22.8. The monoisotopic (exact) mass is 1250 g/mol. The van der Waals surface area contributed by atoms with E-state index in [2.05, 4.69) is 129 Å². The number of hydrogen-bond donors (Lipinski definition) is 9. The molecule has 14 heteroatoms. The smallest absolute Gasteiger partial charge is 0.220 e. The number of hydrogen-bond acceptors (Lipinski definition) is 13. The average molecular weight is 1250 g/mol. The van der Waals surface area contributed by atoms with Crippen molar-refractivity contribution in [1.29, 1.82) is 0 Å². The first-order valence-corrected chi connectivity index (χ1v) is 35.3. The molecule has 2 saturated heterocycles. The maximum atomic E-state index is 13.3. The van der Waals surface area contributed by atoms with E-state index in [1.165, 1.54) is 122 Å². The maximum absolute atomic E-state index is 13.3.